The van der Waals surface area contributed by atoms with Crippen molar-refractivity contribution < 1.29 is 17.9 Å². The van der Waals surface area contributed by atoms with E-state index >= 15 is 0 Å². The molecule has 27 heavy (non-hydrogen) atoms. The minimum atomic E-state index is -3.48. The molecule has 2 aliphatic rings. The smallest absolute Gasteiger partial charge is 0.282 e. The van der Waals surface area contributed by atoms with Gasteiger partial charge in [0.1, 0.15) is 10.7 Å². The maximum atomic E-state index is 12.9. The van der Waals surface area contributed by atoms with Crippen molar-refractivity contribution in [2.24, 2.45) is 0 Å². The fourth-order valence-electron chi connectivity index (χ4n) is 3.70. The summed E-state index contributed by atoms with van der Waals surface area (Å²) >= 11 is 1.39. The summed E-state index contributed by atoms with van der Waals surface area (Å²) in [6, 6.07) is 0.0950. The first-order valence-electron chi connectivity index (χ1n) is 9.39. The predicted octanol–water partition coefficient (Wildman–Crippen LogP) is 1.56. The normalized spacial score (nSPS) is 20.3. The number of ether oxygens (including phenoxy) is 1. The highest BCUT2D eigenvalue weighted by molar-refractivity contribution is 7.86. The third-order valence-corrected chi connectivity index (χ3v) is 8.21. The maximum Gasteiger partial charge on any atom is 0.282 e. The predicted molar refractivity (Wildman–Crippen MR) is 104 cm³/mol. The monoisotopic (exact) mass is 416 g/mol. The fourth-order valence-corrected chi connectivity index (χ4v) is 6.01. The van der Waals surface area contributed by atoms with E-state index in [9.17, 15) is 13.2 Å². The van der Waals surface area contributed by atoms with Crippen LogP contribution in [0.4, 0.5) is 0 Å². The third kappa shape index (κ3) is 4.68. The quantitative estimate of drug-likeness (QED) is 0.703. The molecule has 0 N–H and O–H groups in total. The van der Waals surface area contributed by atoms with Crippen LogP contribution >= 0.6 is 11.3 Å². The molecule has 0 atom stereocenters. The van der Waals surface area contributed by atoms with Crippen LogP contribution in [0.5, 0.6) is 0 Å². The van der Waals surface area contributed by atoms with E-state index in [0.717, 1.165) is 30.7 Å². The Morgan fingerprint density at radius 3 is 2.56 bits per heavy atom. The van der Waals surface area contributed by atoms with Gasteiger partial charge in [0.2, 0.25) is 0 Å². The van der Waals surface area contributed by atoms with Crippen molar-refractivity contribution in [2.75, 3.05) is 40.3 Å². The van der Waals surface area contributed by atoms with Crippen LogP contribution in [0.3, 0.4) is 0 Å². The lowest BCUT2D eigenvalue weighted by Crippen LogP contribution is -2.55. The average Bonchev–Trinajstić information content (AvgIpc) is 3.16. The van der Waals surface area contributed by atoms with Gasteiger partial charge in [-0.1, -0.05) is 19.3 Å². The molecular formula is C17H28N4O4S2. The van der Waals surface area contributed by atoms with Gasteiger partial charge in [0, 0.05) is 51.8 Å². The molecule has 1 aromatic heterocycles. The molecule has 1 aliphatic carbocycles. The second kappa shape index (κ2) is 8.95. The van der Waals surface area contributed by atoms with Crippen molar-refractivity contribution in [1.29, 1.82) is 0 Å². The van der Waals surface area contributed by atoms with Gasteiger partial charge < -0.3 is 9.64 Å². The van der Waals surface area contributed by atoms with Crippen molar-refractivity contribution in [3.8, 4) is 0 Å². The summed E-state index contributed by atoms with van der Waals surface area (Å²) in [4.78, 5) is 18.6. The zero-order valence-corrected chi connectivity index (χ0v) is 17.6. The Labute approximate surface area is 165 Å². The topological polar surface area (TPSA) is 83.0 Å². The van der Waals surface area contributed by atoms with Crippen LogP contribution in [-0.2, 0) is 21.6 Å². The molecule has 1 saturated carbocycles. The van der Waals surface area contributed by atoms with E-state index in [1.54, 1.807) is 28.7 Å². The van der Waals surface area contributed by atoms with E-state index in [1.807, 2.05) is 0 Å². The van der Waals surface area contributed by atoms with Crippen LogP contribution in [0, 0.1) is 0 Å². The van der Waals surface area contributed by atoms with Crippen LogP contribution in [0.2, 0.25) is 0 Å². The number of rotatable bonds is 6. The van der Waals surface area contributed by atoms with E-state index in [4.69, 9.17) is 4.74 Å². The Bertz CT molecular complexity index is 738. The Morgan fingerprint density at radius 2 is 1.93 bits per heavy atom. The van der Waals surface area contributed by atoms with Gasteiger partial charge in [-0.15, -0.1) is 11.3 Å². The Balaban J connectivity index is 1.57. The number of nitrogens with zero attached hydrogens (tertiary/aromatic N) is 4. The first kappa shape index (κ1) is 20.7. The van der Waals surface area contributed by atoms with Crippen molar-refractivity contribution in [3.63, 3.8) is 0 Å². The highest BCUT2D eigenvalue weighted by Crippen LogP contribution is 2.25. The van der Waals surface area contributed by atoms with Gasteiger partial charge in [-0.25, -0.2) is 4.98 Å². The number of hydrogen-bond acceptors (Lipinski definition) is 6. The Morgan fingerprint density at radius 1 is 1.26 bits per heavy atom. The fraction of sp³-hybridized carbons (Fsp3) is 0.765. The van der Waals surface area contributed by atoms with Crippen molar-refractivity contribution in [3.05, 3.63) is 16.1 Å². The highest BCUT2D eigenvalue weighted by atomic mass is 32.2. The number of piperazine rings is 1. The van der Waals surface area contributed by atoms with Crippen molar-refractivity contribution in [1.82, 2.24) is 18.5 Å². The minimum Gasteiger partial charge on any atom is -0.378 e. The maximum absolute atomic E-state index is 12.9. The second-order valence-electron chi connectivity index (χ2n) is 7.07. The number of hydrogen-bond donors (Lipinski definition) is 0. The third-order valence-electron chi connectivity index (χ3n) is 5.34. The summed E-state index contributed by atoms with van der Waals surface area (Å²) < 4.78 is 33.9. The summed E-state index contributed by atoms with van der Waals surface area (Å²) in [5.41, 5.74) is 0.405. The summed E-state index contributed by atoms with van der Waals surface area (Å²) in [7, 11) is -0.200. The number of amides is 1. The van der Waals surface area contributed by atoms with E-state index in [1.165, 1.54) is 22.1 Å². The lowest BCUT2D eigenvalue weighted by molar-refractivity contribution is 0.0687. The summed E-state index contributed by atoms with van der Waals surface area (Å²) in [5, 5.41) is 2.49. The van der Waals surface area contributed by atoms with Crippen molar-refractivity contribution >= 4 is 27.5 Å². The lowest BCUT2D eigenvalue weighted by atomic mass is 9.96. The highest BCUT2D eigenvalue weighted by Gasteiger charge is 2.35. The lowest BCUT2D eigenvalue weighted by Gasteiger charge is -2.38. The molecule has 3 rings (SSSR count). The molecule has 0 bridgehead atoms. The largest absolute Gasteiger partial charge is 0.378 e. The molecular weight excluding hydrogens is 388 g/mol. The van der Waals surface area contributed by atoms with Gasteiger partial charge in [-0.05, 0) is 12.8 Å². The molecule has 1 aliphatic heterocycles. The molecule has 0 spiro atoms. The van der Waals surface area contributed by atoms with Gasteiger partial charge in [0.25, 0.3) is 16.1 Å². The number of carbonyl (C=O) groups is 1. The molecule has 0 unspecified atom stereocenters. The van der Waals surface area contributed by atoms with Gasteiger partial charge in [-0.2, -0.15) is 17.0 Å². The van der Waals surface area contributed by atoms with E-state index < -0.39 is 10.2 Å². The Hall–Kier alpha value is -1.07. The molecule has 2 fully saturated rings. The zero-order chi connectivity index (χ0) is 19.4. The number of thiazole rings is 1. The molecule has 8 nitrogen and oxygen atoms in total. The standard InChI is InChI=1S/C17H28N4O4S2/c1-19(14-6-4-3-5-7-14)27(23,24)21-10-8-20(9-11-21)17(22)15-13-26-16(18-15)12-25-2/h13-14H,3-12H2,1-2H3. The van der Waals surface area contributed by atoms with Crippen LogP contribution in [0.15, 0.2) is 5.38 Å². The van der Waals surface area contributed by atoms with Crippen LogP contribution in [-0.4, -0.2) is 79.2 Å². The average molecular weight is 417 g/mol. The van der Waals surface area contributed by atoms with Gasteiger partial charge in [0.15, 0.2) is 0 Å². The first-order chi connectivity index (χ1) is 12.9. The number of carbonyl (C=O) groups excluding carboxylic acids is 1. The Kier molecular flexibility index (Phi) is 6.85. The van der Waals surface area contributed by atoms with Gasteiger partial charge >= 0.3 is 0 Å². The molecule has 152 valence electrons. The van der Waals surface area contributed by atoms with E-state index in [2.05, 4.69) is 4.98 Å². The van der Waals surface area contributed by atoms with Gasteiger partial charge in [0.05, 0.1) is 6.61 Å². The minimum absolute atomic E-state index is 0.0950. The zero-order valence-electron chi connectivity index (χ0n) is 16.0. The molecule has 1 saturated heterocycles. The van der Waals surface area contributed by atoms with E-state index in [0.29, 0.717) is 38.5 Å². The SMILES string of the molecule is COCc1nc(C(=O)N2CCN(S(=O)(=O)N(C)C3CCCCC3)CC2)cs1. The molecule has 1 amide bonds. The van der Waals surface area contributed by atoms with E-state index in [-0.39, 0.29) is 11.9 Å². The van der Waals surface area contributed by atoms with Crippen LogP contribution < -0.4 is 0 Å². The first-order valence-corrected chi connectivity index (χ1v) is 11.7. The molecule has 1 aromatic rings. The van der Waals surface area contributed by atoms with Gasteiger partial charge in [-0.3, -0.25) is 4.79 Å². The van der Waals surface area contributed by atoms with Crippen LogP contribution in [0.1, 0.15) is 47.6 Å². The molecule has 10 heteroatoms. The second-order valence-corrected chi connectivity index (χ2v) is 10.00. The summed E-state index contributed by atoms with van der Waals surface area (Å²) in [6.45, 7) is 1.79. The number of aromatic nitrogens is 1. The summed E-state index contributed by atoms with van der Waals surface area (Å²) in [6.07, 6.45) is 5.23. The number of methoxy groups -OCH3 is 1. The molecule has 0 radical (unpaired) electrons. The van der Waals surface area contributed by atoms with Crippen LogP contribution in [0.25, 0.3) is 0 Å². The summed E-state index contributed by atoms with van der Waals surface area (Å²) in [5.74, 6) is -0.147. The molecule has 0 aromatic carbocycles. The van der Waals surface area contributed by atoms with Crippen molar-refractivity contribution in [2.45, 2.75) is 44.8 Å². The molecule has 2 heterocycles.